The van der Waals surface area contributed by atoms with Gasteiger partial charge in [0.25, 0.3) is 0 Å². The van der Waals surface area contributed by atoms with Gasteiger partial charge in [-0.05, 0) is 18.3 Å². The summed E-state index contributed by atoms with van der Waals surface area (Å²) in [6.45, 7) is 6.12. The highest BCUT2D eigenvalue weighted by Crippen LogP contribution is 2.21. The van der Waals surface area contributed by atoms with Gasteiger partial charge in [0, 0.05) is 13.1 Å². The zero-order valence-corrected chi connectivity index (χ0v) is 13.0. The number of ether oxygens (including phenoxy) is 1. The lowest BCUT2D eigenvalue weighted by atomic mass is 9.87. The minimum Gasteiger partial charge on any atom is -0.480 e. The second-order valence-electron chi connectivity index (χ2n) is 6.37. The van der Waals surface area contributed by atoms with E-state index in [0.29, 0.717) is 25.9 Å². The summed E-state index contributed by atoms with van der Waals surface area (Å²) in [5, 5.41) is 11.8. The Morgan fingerprint density at radius 3 is 2.14 bits per heavy atom. The number of aliphatic carboxylic acids is 1. The lowest BCUT2D eigenvalue weighted by Gasteiger charge is -2.34. The predicted octanol–water partition coefficient (Wildman–Crippen LogP) is 1.08. The summed E-state index contributed by atoms with van der Waals surface area (Å²) < 4.78 is 4.69. The van der Waals surface area contributed by atoms with Crippen LogP contribution in [0.4, 0.5) is 4.79 Å². The van der Waals surface area contributed by atoms with E-state index in [4.69, 9.17) is 4.74 Å². The van der Waals surface area contributed by atoms with Crippen LogP contribution in [0.1, 0.15) is 33.6 Å². The first-order valence-electron chi connectivity index (χ1n) is 7.03. The highest BCUT2D eigenvalue weighted by Gasteiger charge is 2.35. The number of hydrogen-bond donors (Lipinski definition) is 2. The average Bonchev–Trinajstić information content (AvgIpc) is 2.42. The van der Waals surface area contributed by atoms with E-state index in [1.54, 1.807) is 25.7 Å². The Hall–Kier alpha value is -1.79. The molecule has 0 aromatic rings. The van der Waals surface area contributed by atoms with Crippen molar-refractivity contribution < 1.29 is 24.2 Å². The maximum absolute atomic E-state index is 12.1. The normalized spacial score (nSPS) is 18.0. The number of amides is 2. The van der Waals surface area contributed by atoms with Gasteiger partial charge in [0.15, 0.2) is 0 Å². The lowest BCUT2D eigenvalue weighted by Crippen LogP contribution is -2.54. The molecule has 1 rings (SSSR count). The fraction of sp³-hybridized carbons (Fsp3) is 0.786. The number of carboxylic acid groups (broad SMARTS) is 1. The van der Waals surface area contributed by atoms with Gasteiger partial charge in [0.05, 0.1) is 13.0 Å². The van der Waals surface area contributed by atoms with Crippen molar-refractivity contribution in [2.75, 3.05) is 20.2 Å². The third-order valence-corrected chi connectivity index (χ3v) is 3.70. The number of piperidine rings is 1. The van der Waals surface area contributed by atoms with Gasteiger partial charge in [-0.1, -0.05) is 20.8 Å². The maximum atomic E-state index is 12.1. The van der Waals surface area contributed by atoms with Gasteiger partial charge in [-0.25, -0.2) is 9.59 Å². The van der Waals surface area contributed by atoms with Crippen LogP contribution in [0.25, 0.3) is 0 Å². The molecule has 0 unspecified atom stereocenters. The number of methoxy groups -OCH3 is 1. The third kappa shape index (κ3) is 4.61. The van der Waals surface area contributed by atoms with E-state index < -0.39 is 23.5 Å². The van der Waals surface area contributed by atoms with E-state index in [-0.39, 0.29) is 11.9 Å². The summed E-state index contributed by atoms with van der Waals surface area (Å²) in [6, 6.07) is -1.36. The Kier molecular flexibility index (Phi) is 5.57. The van der Waals surface area contributed by atoms with Crippen molar-refractivity contribution in [1.82, 2.24) is 10.2 Å². The van der Waals surface area contributed by atoms with Crippen LogP contribution in [-0.2, 0) is 14.3 Å². The highest BCUT2D eigenvalue weighted by molar-refractivity contribution is 5.83. The first-order chi connectivity index (χ1) is 9.66. The number of carboxylic acids is 1. The Morgan fingerprint density at radius 1 is 1.24 bits per heavy atom. The van der Waals surface area contributed by atoms with Crippen LogP contribution < -0.4 is 5.32 Å². The lowest BCUT2D eigenvalue weighted by molar-refractivity contribution is -0.146. The van der Waals surface area contributed by atoms with Gasteiger partial charge in [-0.2, -0.15) is 0 Å². The molecule has 120 valence electrons. The maximum Gasteiger partial charge on any atom is 0.326 e. The summed E-state index contributed by atoms with van der Waals surface area (Å²) in [5.74, 6) is -1.50. The number of carbonyl (C=O) groups excluding carboxylic acids is 2. The van der Waals surface area contributed by atoms with E-state index in [0.717, 1.165) is 0 Å². The van der Waals surface area contributed by atoms with Gasteiger partial charge < -0.3 is 20.1 Å². The molecule has 2 amide bonds. The molecule has 1 heterocycles. The van der Waals surface area contributed by atoms with Crippen LogP contribution in [-0.4, -0.2) is 54.2 Å². The Morgan fingerprint density at radius 2 is 1.76 bits per heavy atom. The molecule has 1 atom stereocenters. The largest absolute Gasteiger partial charge is 0.480 e. The molecule has 2 N–H and O–H groups in total. The molecule has 0 bridgehead atoms. The van der Waals surface area contributed by atoms with E-state index in [2.05, 4.69) is 5.32 Å². The molecule has 0 radical (unpaired) electrons. The average molecular weight is 300 g/mol. The minimum atomic E-state index is -1.06. The summed E-state index contributed by atoms with van der Waals surface area (Å²) in [4.78, 5) is 36.4. The van der Waals surface area contributed by atoms with E-state index in [1.807, 2.05) is 0 Å². The number of nitrogens with one attached hydrogen (secondary N) is 1. The third-order valence-electron chi connectivity index (χ3n) is 3.70. The molecule has 1 aliphatic rings. The van der Waals surface area contributed by atoms with Crippen LogP contribution in [0.5, 0.6) is 0 Å². The van der Waals surface area contributed by atoms with E-state index in [1.165, 1.54) is 7.11 Å². The van der Waals surface area contributed by atoms with Crippen LogP contribution >= 0.6 is 0 Å². The quantitative estimate of drug-likeness (QED) is 0.760. The van der Waals surface area contributed by atoms with Crippen molar-refractivity contribution in [3.63, 3.8) is 0 Å². The first kappa shape index (κ1) is 17.3. The van der Waals surface area contributed by atoms with Crippen molar-refractivity contribution in [1.29, 1.82) is 0 Å². The monoisotopic (exact) mass is 300 g/mol. The fourth-order valence-electron chi connectivity index (χ4n) is 2.35. The molecule has 0 saturated carbocycles. The highest BCUT2D eigenvalue weighted by atomic mass is 16.5. The van der Waals surface area contributed by atoms with Crippen molar-refractivity contribution in [3.8, 4) is 0 Å². The Bertz CT molecular complexity index is 408. The van der Waals surface area contributed by atoms with E-state index in [9.17, 15) is 19.5 Å². The van der Waals surface area contributed by atoms with Gasteiger partial charge in [0.2, 0.25) is 0 Å². The standard InChI is InChI=1S/C14H24N2O5/c1-14(2,3)10(11(17)18)15-13(20)16-7-5-9(6-8-16)12(19)21-4/h9-10H,5-8H2,1-4H3,(H,15,20)(H,17,18)/t10-/m1/s1. The molecule has 0 aliphatic carbocycles. The second-order valence-corrected chi connectivity index (χ2v) is 6.37. The van der Waals surface area contributed by atoms with Crippen molar-refractivity contribution in [3.05, 3.63) is 0 Å². The molecule has 0 spiro atoms. The van der Waals surface area contributed by atoms with Crippen LogP contribution in [0.2, 0.25) is 0 Å². The topological polar surface area (TPSA) is 95.9 Å². The Balaban J connectivity index is 2.58. The molecular formula is C14H24N2O5. The molecular weight excluding hydrogens is 276 g/mol. The van der Waals surface area contributed by atoms with Crippen molar-refractivity contribution in [2.24, 2.45) is 11.3 Å². The summed E-state index contributed by atoms with van der Waals surface area (Å²) >= 11 is 0. The smallest absolute Gasteiger partial charge is 0.326 e. The molecule has 7 heteroatoms. The molecule has 1 saturated heterocycles. The Labute approximate surface area is 124 Å². The number of rotatable bonds is 3. The van der Waals surface area contributed by atoms with Gasteiger partial charge in [-0.3, -0.25) is 4.79 Å². The van der Waals surface area contributed by atoms with Crippen molar-refractivity contribution in [2.45, 2.75) is 39.7 Å². The van der Waals surface area contributed by atoms with Gasteiger partial charge in [-0.15, -0.1) is 0 Å². The SMILES string of the molecule is COC(=O)C1CCN(C(=O)N[C@H](C(=O)O)C(C)(C)C)CC1. The van der Waals surface area contributed by atoms with Crippen LogP contribution in [0.15, 0.2) is 0 Å². The summed E-state index contributed by atoms with van der Waals surface area (Å²) in [7, 11) is 1.35. The number of urea groups is 1. The van der Waals surface area contributed by atoms with Crippen molar-refractivity contribution >= 4 is 18.0 Å². The molecule has 1 aliphatic heterocycles. The van der Waals surface area contributed by atoms with Crippen LogP contribution in [0, 0.1) is 11.3 Å². The fourth-order valence-corrected chi connectivity index (χ4v) is 2.35. The first-order valence-corrected chi connectivity index (χ1v) is 7.03. The molecule has 0 aromatic heterocycles. The molecule has 21 heavy (non-hydrogen) atoms. The predicted molar refractivity (Wildman–Crippen MR) is 75.7 cm³/mol. The van der Waals surface area contributed by atoms with Crippen LogP contribution in [0.3, 0.4) is 0 Å². The van der Waals surface area contributed by atoms with Gasteiger partial charge >= 0.3 is 18.0 Å². The zero-order valence-electron chi connectivity index (χ0n) is 13.0. The number of likely N-dealkylation sites (tertiary alicyclic amines) is 1. The number of nitrogens with zero attached hydrogens (tertiary/aromatic N) is 1. The summed E-state index contributed by atoms with van der Waals surface area (Å²) in [5.41, 5.74) is -0.578. The van der Waals surface area contributed by atoms with E-state index >= 15 is 0 Å². The number of carbonyl (C=O) groups is 3. The zero-order chi connectivity index (χ0) is 16.2. The summed E-state index contributed by atoms with van der Waals surface area (Å²) in [6.07, 6.45) is 1.07. The second kappa shape index (κ2) is 6.78. The van der Waals surface area contributed by atoms with Gasteiger partial charge in [0.1, 0.15) is 6.04 Å². The molecule has 7 nitrogen and oxygen atoms in total. The minimum absolute atomic E-state index is 0.183. The molecule has 1 fully saturated rings. The molecule has 0 aromatic carbocycles. The number of esters is 1. The number of hydrogen-bond acceptors (Lipinski definition) is 4.